The van der Waals surface area contributed by atoms with Crippen molar-refractivity contribution in [1.29, 1.82) is 0 Å². The number of aliphatic carboxylic acids is 1. The zero-order chi connectivity index (χ0) is 19.3. The Bertz CT molecular complexity index is 694. The van der Waals surface area contributed by atoms with E-state index >= 15 is 0 Å². The molecule has 1 N–H and O–H groups in total. The quantitative estimate of drug-likeness (QED) is 0.808. The van der Waals surface area contributed by atoms with Crippen LogP contribution in [0, 0.1) is 0 Å². The Morgan fingerprint density at radius 1 is 1.31 bits per heavy atom. The summed E-state index contributed by atoms with van der Waals surface area (Å²) in [6.07, 6.45) is -2.24. The van der Waals surface area contributed by atoms with Crippen molar-refractivity contribution in [3.63, 3.8) is 0 Å². The Balaban J connectivity index is 2.24. The molecule has 0 saturated carbocycles. The minimum atomic E-state index is -4.47. The standard InChI is InChI=1S/C18H20F3NO4/c1-12(13-3-2-4-14(10-13)18(19,20)21)9-16(23)22(11-17(24)25)15-5-7-26-8-6-15/h2-4,9-10,15H,5-8,11H2,1H3,(H,24,25)/b12-9+. The number of allylic oxidation sites excluding steroid dienone is 1. The van der Waals surface area contributed by atoms with Crippen LogP contribution < -0.4 is 0 Å². The minimum Gasteiger partial charge on any atom is -0.480 e. The maximum absolute atomic E-state index is 12.8. The number of halogens is 3. The SMILES string of the molecule is C/C(=C\C(=O)N(CC(=O)O)C1CCOCC1)c1cccc(C(F)(F)F)c1. The number of hydrogen-bond donors (Lipinski definition) is 1. The summed E-state index contributed by atoms with van der Waals surface area (Å²) in [5.74, 6) is -1.68. The van der Waals surface area contributed by atoms with E-state index in [1.165, 1.54) is 30.0 Å². The monoisotopic (exact) mass is 371 g/mol. The van der Waals surface area contributed by atoms with Crippen molar-refractivity contribution < 1.29 is 32.6 Å². The maximum atomic E-state index is 12.8. The van der Waals surface area contributed by atoms with E-state index in [1.807, 2.05) is 0 Å². The smallest absolute Gasteiger partial charge is 0.416 e. The van der Waals surface area contributed by atoms with E-state index in [-0.39, 0.29) is 11.6 Å². The predicted octanol–water partition coefficient (Wildman–Crippen LogP) is 3.20. The number of carboxylic acid groups (broad SMARTS) is 1. The molecule has 5 nitrogen and oxygen atoms in total. The zero-order valence-electron chi connectivity index (χ0n) is 14.3. The summed E-state index contributed by atoms with van der Waals surface area (Å²) in [6, 6.07) is 4.41. The number of benzene rings is 1. The molecule has 1 saturated heterocycles. The van der Waals surface area contributed by atoms with Crippen molar-refractivity contribution in [3.05, 3.63) is 41.5 Å². The van der Waals surface area contributed by atoms with Crippen molar-refractivity contribution in [3.8, 4) is 0 Å². The summed E-state index contributed by atoms with van der Waals surface area (Å²) in [5, 5.41) is 9.07. The largest absolute Gasteiger partial charge is 0.480 e. The van der Waals surface area contributed by atoms with Crippen molar-refractivity contribution >= 4 is 17.4 Å². The molecule has 0 unspecified atom stereocenters. The lowest BCUT2D eigenvalue weighted by Gasteiger charge is -2.32. The van der Waals surface area contributed by atoms with Gasteiger partial charge in [-0.25, -0.2) is 0 Å². The number of carbonyl (C=O) groups is 2. The number of carboxylic acids is 1. The summed E-state index contributed by atoms with van der Waals surface area (Å²) in [5.41, 5.74) is -0.207. The van der Waals surface area contributed by atoms with E-state index in [4.69, 9.17) is 9.84 Å². The topological polar surface area (TPSA) is 66.8 Å². The van der Waals surface area contributed by atoms with Gasteiger partial charge in [-0.3, -0.25) is 9.59 Å². The normalized spacial score (nSPS) is 16.4. The lowest BCUT2D eigenvalue weighted by molar-refractivity contribution is -0.145. The fourth-order valence-electron chi connectivity index (χ4n) is 2.82. The minimum absolute atomic E-state index is 0.260. The van der Waals surface area contributed by atoms with E-state index in [1.54, 1.807) is 0 Å². The summed E-state index contributed by atoms with van der Waals surface area (Å²) >= 11 is 0. The molecule has 0 bridgehead atoms. The fourth-order valence-corrected chi connectivity index (χ4v) is 2.82. The number of alkyl halides is 3. The van der Waals surface area contributed by atoms with Gasteiger partial charge in [-0.15, -0.1) is 0 Å². The number of amides is 1. The predicted molar refractivity (Wildman–Crippen MR) is 88.3 cm³/mol. The molecule has 0 atom stereocenters. The van der Waals surface area contributed by atoms with Gasteiger partial charge < -0.3 is 14.7 Å². The molecule has 1 aliphatic heterocycles. The van der Waals surface area contributed by atoms with Gasteiger partial charge >= 0.3 is 12.1 Å². The summed E-state index contributed by atoms with van der Waals surface area (Å²) in [4.78, 5) is 24.9. The molecule has 0 aliphatic carbocycles. The molecule has 1 fully saturated rings. The highest BCUT2D eigenvalue weighted by molar-refractivity contribution is 5.96. The van der Waals surface area contributed by atoms with Gasteiger partial charge in [0, 0.05) is 25.3 Å². The van der Waals surface area contributed by atoms with Crippen molar-refractivity contribution in [2.24, 2.45) is 0 Å². The van der Waals surface area contributed by atoms with Crippen molar-refractivity contribution in [2.45, 2.75) is 32.0 Å². The van der Waals surface area contributed by atoms with Crippen LogP contribution in [0.3, 0.4) is 0 Å². The second-order valence-corrected chi connectivity index (χ2v) is 6.11. The molecule has 8 heteroatoms. The van der Waals surface area contributed by atoms with Crippen LogP contribution in [0.1, 0.15) is 30.9 Å². The maximum Gasteiger partial charge on any atom is 0.416 e. The van der Waals surface area contributed by atoms with Crippen LogP contribution in [0.4, 0.5) is 13.2 Å². The first kappa shape index (κ1) is 20.0. The number of nitrogens with zero attached hydrogens (tertiary/aromatic N) is 1. The number of rotatable bonds is 5. The van der Waals surface area contributed by atoms with Crippen LogP contribution in [0.25, 0.3) is 5.57 Å². The molecular formula is C18H20F3NO4. The van der Waals surface area contributed by atoms with Gasteiger partial charge in [-0.2, -0.15) is 13.2 Å². The first-order valence-corrected chi connectivity index (χ1v) is 8.14. The number of carbonyl (C=O) groups excluding carboxylic acids is 1. The molecule has 1 aliphatic rings. The lowest BCUT2D eigenvalue weighted by Crippen LogP contribution is -2.45. The molecule has 1 aromatic carbocycles. The Labute approximate surface area is 149 Å². The highest BCUT2D eigenvalue weighted by Gasteiger charge is 2.30. The molecule has 142 valence electrons. The fraction of sp³-hybridized carbons (Fsp3) is 0.444. The van der Waals surface area contributed by atoms with Gasteiger partial charge in [0.1, 0.15) is 6.54 Å². The Kier molecular flexibility index (Phi) is 6.42. The Morgan fingerprint density at radius 3 is 2.54 bits per heavy atom. The van der Waals surface area contributed by atoms with Gasteiger partial charge in [0.15, 0.2) is 0 Å². The summed E-state index contributed by atoms with van der Waals surface area (Å²) in [6.45, 7) is 1.93. The molecule has 1 heterocycles. The van der Waals surface area contributed by atoms with E-state index in [0.29, 0.717) is 31.6 Å². The second kappa shape index (κ2) is 8.35. The van der Waals surface area contributed by atoms with Crippen LogP contribution in [-0.2, 0) is 20.5 Å². The molecule has 0 spiro atoms. The molecule has 26 heavy (non-hydrogen) atoms. The van der Waals surface area contributed by atoms with Gasteiger partial charge in [0.05, 0.1) is 5.56 Å². The third-order valence-electron chi connectivity index (χ3n) is 4.21. The highest BCUT2D eigenvalue weighted by atomic mass is 19.4. The van der Waals surface area contributed by atoms with Gasteiger partial charge in [-0.1, -0.05) is 12.1 Å². The van der Waals surface area contributed by atoms with Crippen LogP contribution >= 0.6 is 0 Å². The van der Waals surface area contributed by atoms with Crippen molar-refractivity contribution in [1.82, 2.24) is 4.90 Å². The number of hydrogen-bond acceptors (Lipinski definition) is 3. The second-order valence-electron chi connectivity index (χ2n) is 6.11. The third kappa shape index (κ3) is 5.32. The molecule has 1 aromatic rings. The van der Waals surface area contributed by atoms with E-state index < -0.39 is 30.2 Å². The van der Waals surface area contributed by atoms with E-state index in [0.717, 1.165) is 12.1 Å². The Hall–Kier alpha value is -2.35. The van der Waals surface area contributed by atoms with Gasteiger partial charge in [-0.05, 0) is 43.0 Å². The summed E-state index contributed by atoms with van der Waals surface area (Å²) < 4.78 is 43.7. The third-order valence-corrected chi connectivity index (χ3v) is 4.21. The molecule has 0 radical (unpaired) electrons. The van der Waals surface area contributed by atoms with Gasteiger partial charge in [0.25, 0.3) is 0 Å². The molecule has 1 amide bonds. The average molecular weight is 371 g/mol. The first-order valence-electron chi connectivity index (χ1n) is 8.14. The van der Waals surface area contributed by atoms with E-state index in [9.17, 15) is 22.8 Å². The highest BCUT2D eigenvalue weighted by Crippen LogP contribution is 2.31. The van der Waals surface area contributed by atoms with Crippen LogP contribution in [-0.4, -0.2) is 47.7 Å². The Morgan fingerprint density at radius 2 is 1.96 bits per heavy atom. The molecular weight excluding hydrogens is 351 g/mol. The lowest BCUT2D eigenvalue weighted by atomic mass is 10.0. The average Bonchev–Trinajstić information content (AvgIpc) is 2.59. The van der Waals surface area contributed by atoms with E-state index in [2.05, 4.69) is 0 Å². The molecule has 0 aromatic heterocycles. The van der Waals surface area contributed by atoms with Gasteiger partial charge in [0.2, 0.25) is 5.91 Å². The van der Waals surface area contributed by atoms with Crippen LogP contribution in [0.15, 0.2) is 30.3 Å². The van der Waals surface area contributed by atoms with Crippen molar-refractivity contribution in [2.75, 3.05) is 19.8 Å². The van der Waals surface area contributed by atoms with Crippen LogP contribution in [0.5, 0.6) is 0 Å². The zero-order valence-corrected chi connectivity index (χ0v) is 14.3. The summed E-state index contributed by atoms with van der Waals surface area (Å²) in [7, 11) is 0. The first-order chi connectivity index (χ1) is 12.2. The number of ether oxygens (including phenoxy) is 1. The van der Waals surface area contributed by atoms with Crippen LogP contribution in [0.2, 0.25) is 0 Å². The molecule has 2 rings (SSSR count).